The molecule has 5 nitrogen and oxygen atoms in total. The van der Waals surface area contributed by atoms with Crippen molar-refractivity contribution in [3.63, 3.8) is 0 Å². The monoisotopic (exact) mass is 404 g/mol. The molecule has 1 aliphatic carbocycles. The predicted octanol–water partition coefficient (Wildman–Crippen LogP) is 4.28. The van der Waals surface area contributed by atoms with E-state index in [9.17, 15) is 0 Å². The van der Waals surface area contributed by atoms with Crippen LogP contribution in [0.1, 0.15) is 37.7 Å². The van der Waals surface area contributed by atoms with E-state index >= 15 is 0 Å². The summed E-state index contributed by atoms with van der Waals surface area (Å²) in [5.74, 6) is 0.934. The van der Waals surface area contributed by atoms with Crippen LogP contribution in [0, 0.1) is 0 Å². The Balaban J connectivity index is 1.22. The summed E-state index contributed by atoms with van der Waals surface area (Å²) in [6, 6.07) is 11.3. The summed E-state index contributed by atoms with van der Waals surface area (Å²) in [4.78, 5) is 2.49. The van der Waals surface area contributed by atoms with E-state index in [1.54, 1.807) is 23.1 Å². The third-order valence-electron chi connectivity index (χ3n) is 5.20. The average molecular weight is 405 g/mol. The number of aromatic nitrogens is 2. The Kier molecular flexibility index (Phi) is 7.01. The van der Waals surface area contributed by atoms with Gasteiger partial charge in [-0.2, -0.15) is 0 Å². The minimum Gasteiger partial charge on any atom is -0.375 e. The molecule has 1 atom stereocenters. The predicted molar refractivity (Wildman–Crippen MR) is 113 cm³/mol. The van der Waals surface area contributed by atoms with Crippen LogP contribution < -0.4 is 5.32 Å². The van der Waals surface area contributed by atoms with E-state index in [0.717, 1.165) is 41.5 Å². The van der Waals surface area contributed by atoms with E-state index in [-0.39, 0.29) is 6.10 Å². The van der Waals surface area contributed by atoms with E-state index in [1.165, 1.54) is 37.7 Å². The highest BCUT2D eigenvalue weighted by atomic mass is 32.2. The van der Waals surface area contributed by atoms with Gasteiger partial charge >= 0.3 is 0 Å². The molecule has 0 radical (unpaired) electrons. The lowest BCUT2D eigenvalue weighted by atomic mass is 9.96. The quantitative estimate of drug-likeness (QED) is 0.695. The molecule has 0 bridgehead atoms. The van der Waals surface area contributed by atoms with Crippen LogP contribution >= 0.6 is 23.1 Å². The Morgan fingerprint density at radius 1 is 1.15 bits per heavy atom. The Morgan fingerprint density at radius 3 is 2.85 bits per heavy atom. The number of hydrogen-bond donors (Lipinski definition) is 1. The van der Waals surface area contributed by atoms with Crippen molar-refractivity contribution in [2.24, 2.45) is 0 Å². The van der Waals surface area contributed by atoms with Crippen molar-refractivity contribution in [1.29, 1.82) is 0 Å². The largest absolute Gasteiger partial charge is 0.375 e. The van der Waals surface area contributed by atoms with Gasteiger partial charge in [-0.25, -0.2) is 0 Å². The van der Waals surface area contributed by atoms with Gasteiger partial charge in [0.25, 0.3) is 0 Å². The maximum atomic E-state index is 5.97. The Hall–Kier alpha value is -1.15. The first-order chi connectivity index (χ1) is 13.3. The summed E-state index contributed by atoms with van der Waals surface area (Å²) in [6.45, 7) is 3.79. The smallest absolute Gasteiger partial charge is 0.206 e. The highest BCUT2D eigenvalue weighted by Gasteiger charge is 2.22. The number of nitrogens with one attached hydrogen (secondary N) is 1. The fourth-order valence-corrected chi connectivity index (χ4v) is 5.64. The van der Waals surface area contributed by atoms with Gasteiger partial charge in [-0.1, -0.05) is 72.7 Å². The van der Waals surface area contributed by atoms with Gasteiger partial charge in [0.05, 0.1) is 12.7 Å². The molecule has 0 unspecified atom stereocenters. The topological polar surface area (TPSA) is 50.3 Å². The first-order valence-electron chi connectivity index (χ1n) is 9.96. The lowest BCUT2D eigenvalue weighted by Crippen LogP contribution is -2.43. The van der Waals surface area contributed by atoms with E-state index in [1.807, 2.05) is 0 Å². The molecule has 2 fully saturated rings. The minimum absolute atomic E-state index is 0.256. The summed E-state index contributed by atoms with van der Waals surface area (Å²) >= 11 is 3.45. The summed E-state index contributed by atoms with van der Waals surface area (Å²) < 4.78 is 7.01. The van der Waals surface area contributed by atoms with Gasteiger partial charge in [0, 0.05) is 31.4 Å². The van der Waals surface area contributed by atoms with E-state index in [2.05, 4.69) is 50.7 Å². The molecule has 1 saturated carbocycles. The fourth-order valence-electron chi connectivity index (χ4n) is 3.78. The van der Waals surface area contributed by atoms with Crippen LogP contribution in [0.4, 0.5) is 5.13 Å². The zero-order chi connectivity index (χ0) is 18.3. The third-order valence-corrected chi connectivity index (χ3v) is 7.32. The van der Waals surface area contributed by atoms with Crippen molar-refractivity contribution < 1.29 is 4.74 Å². The van der Waals surface area contributed by atoms with Gasteiger partial charge in [0.15, 0.2) is 4.34 Å². The zero-order valence-electron chi connectivity index (χ0n) is 15.7. The second kappa shape index (κ2) is 9.87. The second-order valence-electron chi connectivity index (χ2n) is 7.38. The highest BCUT2D eigenvalue weighted by molar-refractivity contribution is 8.01. The number of nitrogens with zero attached hydrogens (tertiary/aromatic N) is 3. The molecule has 2 aromatic rings. The van der Waals surface area contributed by atoms with E-state index in [4.69, 9.17) is 4.74 Å². The van der Waals surface area contributed by atoms with Crippen LogP contribution in [0.5, 0.6) is 0 Å². The van der Waals surface area contributed by atoms with Crippen molar-refractivity contribution >= 4 is 28.2 Å². The van der Waals surface area contributed by atoms with Crippen molar-refractivity contribution in [3.8, 4) is 0 Å². The molecule has 1 aromatic carbocycles. The van der Waals surface area contributed by atoms with Gasteiger partial charge in [-0.05, 0) is 18.4 Å². The highest BCUT2D eigenvalue weighted by Crippen LogP contribution is 2.29. The molecule has 4 rings (SSSR count). The number of anilines is 1. The molecular weight excluding hydrogens is 376 g/mol. The fraction of sp³-hybridized carbons (Fsp3) is 0.600. The maximum absolute atomic E-state index is 5.97. The first-order valence-corrected chi connectivity index (χ1v) is 11.8. The molecule has 1 saturated heterocycles. The summed E-state index contributed by atoms with van der Waals surface area (Å²) in [5, 5.41) is 13.2. The van der Waals surface area contributed by atoms with Gasteiger partial charge in [0.2, 0.25) is 5.13 Å². The summed E-state index contributed by atoms with van der Waals surface area (Å²) in [7, 11) is 0. The molecule has 146 valence electrons. The lowest BCUT2D eigenvalue weighted by Gasteiger charge is -2.32. The second-order valence-corrected chi connectivity index (χ2v) is 9.62. The zero-order valence-corrected chi connectivity index (χ0v) is 17.3. The van der Waals surface area contributed by atoms with E-state index < -0.39 is 0 Å². The van der Waals surface area contributed by atoms with Gasteiger partial charge in [-0.3, -0.25) is 4.90 Å². The van der Waals surface area contributed by atoms with Crippen molar-refractivity contribution in [3.05, 3.63) is 35.9 Å². The summed E-state index contributed by atoms with van der Waals surface area (Å²) in [6.07, 6.45) is 6.81. The number of benzene rings is 1. The molecule has 0 spiro atoms. The minimum atomic E-state index is 0.256. The van der Waals surface area contributed by atoms with Crippen molar-refractivity contribution in [2.75, 3.05) is 30.8 Å². The SMILES string of the molecule is c1ccc(CN2CCO[C@@H](CSc3nnc(NC4CCCCC4)s3)C2)cc1. The van der Waals surface area contributed by atoms with Crippen LogP contribution in [-0.2, 0) is 11.3 Å². The van der Waals surface area contributed by atoms with Gasteiger partial charge in [-0.15, -0.1) is 10.2 Å². The van der Waals surface area contributed by atoms with Crippen LogP contribution in [-0.4, -0.2) is 52.7 Å². The van der Waals surface area contributed by atoms with Crippen LogP contribution in [0.25, 0.3) is 0 Å². The molecular formula is C20H28N4OS2. The molecule has 0 amide bonds. The van der Waals surface area contributed by atoms with E-state index in [0.29, 0.717) is 6.04 Å². The van der Waals surface area contributed by atoms with Crippen LogP contribution in [0.2, 0.25) is 0 Å². The maximum Gasteiger partial charge on any atom is 0.206 e. The standard InChI is InChI=1S/C20H28N4OS2/c1-3-7-16(8-4-1)13-24-11-12-25-18(14-24)15-26-20-23-22-19(27-20)21-17-9-5-2-6-10-17/h1,3-4,7-8,17-18H,2,5-6,9-15H2,(H,21,22)/t18-/m1/s1. The van der Waals surface area contributed by atoms with Crippen LogP contribution in [0.15, 0.2) is 34.7 Å². The van der Waals surface area contributed by atoms with Crippen LogP contribution in [0.3, 0.4) is 0 Å². The van der Waals surface area contributed by atoms with Crippen molar-refractivity contribution in [2.45, 2.75) is 55.1 Å². The third kappa shape index (κ3) is 5.91. The molecule has 2 heterocycles. The molecule has 2 aliphatic rings. The summed E-state index contributed by atoms with van der Waals surface area (Å²) in [5.41, 5.74) is 1.37. The normalized spacial score (nSPS) is 22.0. The average Bonchev–Trinajstić information content (AvgIpc) is 3.16. The number of hydrogen-bond acceptors (Lipinski definition) is 7. The number of morpholine rings is 1. The Morgan fingerprint density at radius 2 is 2.00 bits per heavy atom. The molecule has 7 heteroatoms. The number of rotatable bonds is 7. The number of ether oxygens (including phenoxy) is 1. The molecule has 1 aromatic heterocycles. The Labute approximate surface area is 169 Å². The van der Waals surface area contributed by atoms with Gasteiger partial charge < -0.3 is 10.1 Å². The first kappa shape index (κ1) is 19.2. The van der Waals surface area contributed by atoms with Crippen molar-refractivity contribution in [1.82, 2.24) is 15.1 Å². The number of thioether (sulfide) groups is 1. The van der Waals surface area contributed by atoms with Gasteiger partial charge in [0.1, 0.15) is 0 Å². The molecule has 1 aliphatic heterocycles. The molecule has 1 N–H and O–H groups in total. The molecule has 27 heavy (non-hydrogen) atoms. The lowest BCUT2D eigenvalue weighted by molar-refractivity contribution is -0.0187. The Bertz CT molecular complexity index is 690.